The zero-order valence-corrected chi connectivity index (χ0v) is 26.8. The largest absolute Gasteiger partial charge is 0.496 e. The highest BCUT2D eigenvalue weighted by Gasteiger charge is 2.35. The third-order valence-electron chi connectivity index (χ3n) is 6.45. The Kier molecular flexibility index (Phi) is 8.19. The molecule has 35 heavy (non-hydrogen) atoms. The number of ether oxygens (including phenoxy) is 2. The van der Waals surface area contributed by atoms with E-state index < -0.39 is 5.84 Å². The second-order valence-corrected chi connectivity index (χ2v) is 18.8. The van der Waals surface area contributed by atoms with E-state index in [9.17, 15) is 4.57 Å². The van der Waals surface area contributed by atoms with Crippen LogP contribution in [0.2, 0.25) is 0 Å². The minimum Gasteiger partial charge on any atom is -0.496 e. The summed E-state index contributed by atoms with van der Waals surface area (Å²) in [6, 6.07) is 8.28. The molecule has 0 bridgehead atoms. The lowest BCUT2D eigenvalue weighted by Gasteiger charge is -2.32. The van der Waals surface area contributed by atoms with Crippen molar-refractivity contribution in [3.05, 3.63) is 46.5 Å². The lowest BCUT2D eigenvalue weighted by Crippen LogP contribution is -2.26. The Morgan fingerprint density at radius 2 is 0.743 bits per heavy atom. The first-order chi connectivity index (χ1) is 15.6. The van der Waals surface area contributed by atoms with Gasteiger partial charge in [0.25, 0.3) is 0 Å². The summed E-state index contributed by atoms with van der Waals surface area (Å²) in [5.41, 5.74) is 3.52. The van der Waals surface area contributed by atoms with Crippen LogP contribution >= 0.6 is 21.3 Å². The molecule has 0 spiro atoms. The molecule has 0 amide bonds. The lowest BCUT2D eigenvalue weighted by molar-refractivity contribution is 0.381. The van der Waals surface area contributed by atoms with Gasteiger partial charge in [0.1, 0.15) is 11.5 Å². The summed E-state index contributed by atoms with van der Waals surface area (Å²) in [7, 11) is 3.45. The van der Waals surface area contributed by atoms with E-state index in [0.717, 1.165) is 44.4 Å². The van der Waals surface area contributed by atoms with Crippen LogP contribution < -0.4 is 20.1 Å². The molecule has 0 aliphatic carbocycles. The maximum absolute atomic E-state index is 14.8. The SMILES string of the molecule is COc1c(C(C)(C)C)cc(P(=O)(Br)c2cc(C(C)(C)C)c(OC)c(C(C)(C)C)c2)cc1C(C)(C)C. The first-order valence-corrected chi connectivity index (χ1v) is 16.1. The molecule has 0 fully saturated rings. The van der Waals surface area contributed by atoms with Gasteiger partial charge < -0.3 is 14.0 Å². The van der Waals surface area contributed by atoms with Gasteiger partial charge in [0.15, 0.2) is 0 Å². The minimum absolute atomic E-state index is 0.179. The summed E-state index contributed by atoms with van der Waals surface area (Å²) in [6.45, 7) is 26.0. The summed E-state index contributed by atoms with van der Waals surface area (Å²) in [5, 5.41) is 1.58. The van der Waals surface area contributed by atoms with Crippen molar-refractivity contribution in [1.29, 1.82) is 0 Å². The van der Waals surface area contributed by atoms with Crippen LogP contribution in [-0.4, -0.2) is 14.2 Å². The van der Waals surface area contributed by atoms with Crippen molar-refractivity contribution in [2.24, 2.45) is 0 Å². The zero-order chi connectivity index (χ0) is 27.4. The van der Waals surface area contributed by atoms with Crippen LogP contribution in [0.4, 0.5) is 0 Å². The van der Waals surface area contributed by atoms with Gasteiger partial charge in [0, 0.05) is 32.9 Å². The van der Waals surface area contributed by atoms with Gasteiger partial charge in [-0.2, -0.15) is 0 Å². The molecule has 196 valence electrons. The van der Waals surface area contributed by atoms with E-state index in [1.807, 2.05) is 0 Å². The van der Waals surface area contributed by atoms with E-state index in [4.69, 9.17) is 9.47 Å². The Morgan fingerprint density at radius 1 is 0.543 bits per heavy atom. The van der Waals surface area contributed by atoms with Crippen LogP contribution in [0.1, 0.15) is 105 Å². The quantitative estimate of drug-likeness (QED) is 0.349. The standard InChI is InChI=1S/C30H46BrO3P/c1-27(2,3)21-15-19(16-22(25(21)33-13)28(4,5)6)35(31,32)20-17-23(29(7,8)9)26(34-14)24(18-20)30(10,11)12/h15-18H,1-14H3. The number of hydrogen-bond donors (Lipinski definition) is 0. The average Bonchev–Trinajstić information content (AvgIpc) is 2.68. The van der Waals surface area contributed by atoms with Crippen molar-refractivity contribution in [3.8, 4) is 11.5 Å². The first-order valence-electron chi connectivity index (χ1n) is 12.3. The zero-order valence-electron chi connectivity index (χ0n) is 24.4. The number of halogens is 1. The van der Waals surface area contributed by atoms with Crippen molar-refractivity contribution in [2.75, 3.05) is 14.2 Å². The van der Waals surface area contributed by atoms with E-state index in [0.29, 0.717) is 0 Å². The van der Waals surface area contributed by atoms with Crippen LogP contribution in [0, 0.1) is 0 Å². The maximum Gasteiger partial charge on any atom is 0.203 e. The molecule has 0 aromatic heterocycles. The van der Waals surface area contributed by atoms with Gasteiger partial charge in [0.2, 0.25) is 5.84 Å². The molecule has 0 atom stereocenters. The van der Waals surface area contributed by atoms with Crippen molar-refractivity contribution >= 4 is 31.9 Å². The Bertz CT molecular complexity index is 979. The van der Waals surface area contributed by atoms with Crippen molar-refractivity contribution < 1.29 is 14.0 Å². The third kappa shape index (κ3) is 6.19. The predicted octanol–water partition coefficient (Wildman–Crippen LogP) is 8.52. The Hall–Kier alpha value is -1.25. The summed E-state index contributed by atoms with van der Waals surface area (Å²) in [4.78, 5) is 0. The smallest absolute Gasteiger partial charge is 0.203 e. The second kappa shape index (κ2) is 9.56. The lowest BCUT2D eigenvalue weighted by atomic mass is 9.79. The van der Waals surface area contributed by atoms with Crippen molar-refractivity contribution in [3.63, 3.8) is 0 Å². The molecule has 0 saturated carbocycles. The Labute approximate surface area is 222 Å². The van der Waals surface area contributed by atoms with Crippen molar-refractivity contribution in [1.82, 2.24) is 0 Å². The summed E-state index contributed by atoms with van der Waals surface area (Å²) in [5.74, 6) is -1.39. The van der Waals surface area contributed by atoms with Crippen LogP contribution in [0.15, 0.2) is 24.3 Å². The van der Waals surface area contributed by atoms with Gasteiger partial charge in [-0.15, -0.1) is 0 Å². The van der Waals surface area contributed by atoms with Crippen LogP contribution in [-0.2, 0) is 26.2 Å². The highest BCUT2D eigenvalue weighted by molar-refractivity contribution is 9.42. The fourth-order valence-corrected chi connectivity index (χ4v) is 7.08. The third-order valence-corrected chi connectivity index (χ3v) is 10.8. The molecule has 2 aromatic rings. The highest BCUT2D eigenvalue weighted by Crippen LogP contribution is 2.55. The predicted molar refractivity (Wildman–Crippen MR) is 157 cm³/mol. The second-order valence-electron chi connectivity index (χ2n) is 13.7. The molecule has 2 aromatic carbocycles. The van der Waals surface area contributed by atoms with Crippen LogP contribution in [0.25, 0.3) is 0 Å². The summed E-state index contributed by atoms with van der Waals surface area (Å²) < 4.78 is 26.6. The molecule has 0 aliphatic heterocycles. The van der Waals surface area contributed by atoms with Gasteiger partial charge in [-0.1, -0.05) is 83.1 Å². The van der Waals surface area contributed by atoms with Crippen molar-refractivity contribution in [2.45, 2.75) is 105 Å². The molecule has 2 rings (SSSR count). The molecule has 0 saturated heterocycles. The van der Waals surface area contributed by atoms with Gasteiger partial charge in [0.05, 0.1) is 14.2 Å². The average molecular weight is 566 g/mol. The number of rotatable bonds is 4. The molecule has 0 heterocycles. The van der Waals surface area contributed by atoms with Gasteiger partial charge >= 0.3 is 0 Å². The molecule has 0 radical (unpaired) electrons. The van der Waals surface area contributed by atoms with Gasteiger partial charge in [-0.3, -0.25) is 0 Å². The van der Waals surface area contributed by atoms with E-state index >= 15 is 0 Å². The highest BCUT2D eigenvalue weighted by atomic mass is 79.9. The Balaban J connectivity index is 3.02. The molecule has 0 aliphatic rings. The molecular weight excluding hydrogens is 519 g/mol. The molecule has 0 unspecified atom stereocenters. The first kappa shape index (κ1) is 30.0. The fraction of sp³-hybridized carbons (Fsp3) is 0.600. The summed E-state index contributed by atoms with van der Waals surface area (Å²) in [6.07, 6.45) is 0. The molecular formula is C30H46BrO3P. The topological polar surface area (TPSA) is 35.5 Å². The summed E-state index contributed by atoms with van der Waals surface area (Å²) >= 11 is 3.77. The van der Waals surface area contributed by atoms with Crippen LogP contribution in [0.3, 0.4) is 0 Å². The van der Waals surface area contributed by atoms with E-state index in [1.54, 1.807) is 14.2 Å². The van der Waals surface area contributed by atoms with Crippen LogP contribution in [0.5, 0.6) is 11.5 Å². The van der Waals surface area contributed by atoms with E-state index in [-0.39, 0.29) is 21.7 Å². The van der Waals surface area contributed by atoms with Gasteiger partial charge in [-0.25, -0.2) is 0 Å². The number of hydrogen-bond acceptors (Lipinski definition) is 3. The monoisotopic (exact) mass is 564 g/mol. The molecule has 0 N–H and O–H groups in total. The molecule has 5 heteroatoms. The van der Waals surface area contributed by atoms with Gasteiger partial charge in [-0.05, 0) is 61.4 Å². The fourth-order valence-electron chi connectivity index (χ4n) is 4.38. The molecule has 3 nitrogen and oxygen atoms in total. The Morgan fingerprint density at radius 3 is 0.886 bits per heavy atom. The number of benzene rings is 2. The maximum atomic E-state index is 14.8. The van der Waals surface area contributed by atoms with E-state index in [2.05, 4.69) is 123 Å². The van der Waals surface area contributed by atoms with E-state index in [1.165, 1.54) is 0 Å². The minimum atomic E-state index is -3.14. The normalized spacial score (nSPS) is 13.7. The number of methoxy groups -OCH3 is 2.